The highest BCUT2D eigenvalue weighted by Crippen LogP contribution is 2.11. The Kier molecular flexibility index (Phi) is 12.9. The number of carbonyl (C=O) groups excluding carboxylic acids is 2. The van der Waals surface area contributed by atoms with Crippen molar-refractivity contribution in [3.63, 3.8) is 0 Å². The van der Waals surface area contributed by atoms with E-state index in [2.05, 4.69) is 6.92 Å². The second-order valence-corrected chi connectivity index (χ2v) is 7.12. The van der Waals surface area contributed by atoms with E-state index in [-0.39, 0.29) is 5.91 Å². The fourth-order valence-corrected chi connectivity index (χ4v) is 3.12. The summed E-state index contributed by atoms with van der Waals surface area (Å²) in [6.45, 7) is 3.02. The Morgan fingerprint density at radius 1 is 0.920 bits per heavy atom. The predicted octanol–water partition coefficient (Wildman–Crippen LogP) is 5.95. The molecule has 0 spiro atoms. The van der Waals surface area contributed by atoms with Gasteiger partial charge in [-0.3, -0.25) is 9.59 Å². The van der Waals surface area contributed by atoms with Crippen LogP contribution in [0.1, 0.15) is 96.8 Å². The molecule has 142 valence electrons. The van der Waals surface area contributed by atoms with Crippen molar-refractivity contribution in [1.82, 2.24) is 4.90 Å². The van der Waals surface area contributed by atoms with Crippen molar-refractivity contribution in [2.45, 2.75) is 96.8 Å². The van der Waals surface area contributed by atoms with E-state index in [0.29, 0.717) is 5.78 Å². The summed E-state index contributed by atoms with van der Waals surface area (Å²) in [5, 5.41) is 0. The Bertz CT molecular complexity index is 426. The second-order valence-electron chi connectivity index (χ2n) is 7.12. The van der Waals surface area contributed by atoms with Crippen LogP contribution in [0, 0.1) is 0 Å². The number of carbonyl (C=O) groups is 2. The van der Waals surface area contributed by atoms with Crippen LogP contribution in [-0.2, 0) is 9.59 Å². The first-order valence-electron chi connectivity index (χ1n) is 10.4. The van der Waals surface area contributed by atoms with E-state index in [0.717, 1.165) is 51.5 Å². The zero-order chi connectivity index (χ0) is 18.2. The van der Waals surface area contributed by atoms with E-state index in [9.17, 15) is 9.59 Å². The SMILES string of the molecule is CCCCCCC(=O)CCCCCCCCC=CC(=O)N1C=CCC1. The summed E-state index contributed by atoms with van der Waals surface area (Å²) in [6.07, 6.45) is 23.0. The first kappa shape index (κ1) is 21.7. The van der Waals surface area contributed by atoms with E-state index in [4.69, 9.17) is 0 Å². The van der Waals surface area contributed by atoms with Crippen LogP contribution in [0.2, 0.25) is 0 Å². The molecule has 3 heteroatoms. The highest BCUT2D eigenvalue weighted by molar-refractivity contribution is 5.88. The van der Waals surface area contributed by atoms with E-state index in [1.807, 2.05) is 18.4 Å². The molecular formula is C22H37NO2. The van der Waals surface area contributed by atoms with Gasteiger partial charge in [0.15, 0.2) is 0 Å². The quantitative estimate of drug-likeness (QED) is 0.271. The molecule has 1 aliphatic rings. The number of hydrogen-bond donors (Lipinski definition) is 0. The molecule has 0 aromatic rings. The summed E-state index contributed by atoms with van der Waals surface area (Å²) in [6, 6.07) is 0. The lowest BCUT2D eigenvalue weighted by atomic mass is 10.0. The molecule has 1 heterocycles. The van der Waals surface area contributed by atoms with Crippen LogP contribution < -0.4 is 0 Å². The molecule has 0 atom stereocenters. The number of nitrogens with zero attached hydrogens (tertiary/aromatic N) is 1. The molecule has 0 unspecified atom stereocenters. The fourth-order valence-electron chi connectivity index (χ4n) is 3.12. The number of allylic oxidation sites excluding steroid dienone is 1. The van der Waals surface area contributed by atoms with Crippen LogP contribution in [0.4, 0.5) is 0 Å². The van der Waals surface area contributed by atoms with Gasteiger partial charge >= 0.3 is 0 Å². The van der Waals surface area contributed by atoms with Gasteiger partial charge in [0.2, 0.25) is 5.91 Å². The van der Waals surface area contributed by atoms with Crippen LogP contribution in [0.5, 0.6) is 0 Å². The maximum Gasteiger partial charge on any atom is 0.250 e. The van der Waals surface area contributed by atoms with Crippen LogP contribution in [0.15, 0.2) is 24.4 Å². The van der Waals surface area contributed by atoms with Gasteiger partial charge < -0.3 is 4.90 Å². The van der Waals surface area contributed by atoms with Crippen molar-refractivity contribution in [1.29, 1.82) is 0 Å². The zero-order valence-electron chi connectivity index (χ0n) is 16.2. The van der Waals surface area contributed by atoms with Crippen LogP contribution in [-0.4, -0.2) is 23.1 Å². The second kappa shape index (κ2) is 14.9. The molecule has 0 saturated carbocycles. The number of ketones is 1. The van der Waals surface area contributed by atoms with E-state index in [1.165, 1.54) is 44.9 Å². The molecule has 25 heavy (non-hydrogen) atoms. The lowest BCUT2D eigenvalue weighted by molar-refractivity contribution is -0.123. The van der Waals surface area contributed by atoms with Crippen LogP contribution in [0.3, 0.4) is 0 Å². The van der Waals surface area contributed by atoms with Gasteiger partial charge in [0, 0.05) is 25.6 Å². The van der Waals surface area contributed by atoms with Gasteiger partial charge in [-0.05, 0) is 38.2 Å². The molecule has 1 aliphatic heterocycles. The molecule has 0 aromatic carbocycles. The summed E-state index contributed by atoms with van der Waals surface area (Å²) >= 11 is 0. The lowest BCUT2D eigenvalue weighted by Crippen LogP contribution is -2.21. The van der Waals surface area contributed by atoms with Gasteiger partial charge in [0.1, 0.15) is 5.78 Å². The lowest BCUT2D eigenvalue weighted by Gasteiger charge is -2.09. The summed E-state index contributed by atoms with van der Waals surface area (Å²) in [7, 11) is 0. The molecule has 0 fully saturated rings. The minimum atomic E-state index is 0.105. The Labute approximate surface area is 154 Å². The van der Waals surface area contributed by atoms with Gasteiger partial charge in [-0.15, -0.1) is 0 Å². The average Bonchev–Trinajstić information content (AvgIpc) is 3.15. The van der Waals surface area contributed by atoms with Gasteiger partial charge in [-0.1, -0.05) is 64.0 Å². The highest BCUT2D eigenvalue weighted by atomic mass is 16.2. The van der Waals surface area contributed by atoms with Crippen LogP contribution in [0.25, 0.3) is 0 Å². The maximum atomic E-state index is 11.8. The maximum absolute atomic E-state index is 11.8. The number of Topliss-reactive ketones (excluding diaryl/α,β-unsaturated/α-hetero) is 1. The fraction of sp³-hybridized carbons (Fsp3) is 0.727. The minimum absolute atomic E-state index is 0.105. The van der Waals surface area contributed by atoms with Gasteiger partial charge in [-0.25, -0.2) is 0 Å². The summed E-state index contributed by atoms with van der Waals surface area (Å²) in [4.78, 5) is 25.3. The molecule has 3 nitrogen and oxygen atoms in total. The number of rotatable bonds is 15. The molecule has 0 N–H and O–H groups in total. The van der Waals surface area contributed by atoms with Crippen LogP contribution >= 0.6 is 0 Å². The molecule has 0 bridgehead atoms. The monoisotopic (exact) mass is 347 g/mol. The van der Waals surface area contributed by atoms with Crippen molar-refractivity contribution < 1.29 is 9.59 Å². The summed E-state index contributed by atoms with van der Waals surface area (Å²) < 4.78 is 0. The highest BCUT2D eigenvalue weighted by Gasteiger charge is 2.09. The van der Waals surface area contributed by atoms with Crippen molar-refractivity contribution in [2.75, 3.05) is 6.54 Å². The number of hydrogen-bond acceptors (Lipinski definition) is 2. The van der Waals surface area contributed by atoms with Crippen molar-refractivity contribution in [3.8, 4) is 0 Å². The molecule has 1 rings (SSSR count). The molecule has 0 aliphatic carbocycles. The first-order valence-corrected chi connectivity index (χ1v) is 10.4. The average molecular weight is 348 g/mol. The van der Waals surface area contributed by atoms with E-state index in [1.54, 1.807) is 11.0 Å². The van der Waals surface area contributed by atoms with Crippen molar-refractivity contribution in [2.24, 2.45) is 0 Å². The standard InChI is InChI=1S/C22H37NO2/c1-2-3-4-11-16-21(24)17-12-9-7-5-6-8-10-13-18-22(25)23-19-14-15-20-23/h13-14,18-19H,2-12,15-17,20H2,1H3. The first-order chi connectivity index (χ1) is 12.2. The molecular weight excluding hydrogens is 310 g/mol. The van der Waals surface area contributed by atoms with E-state index < -0.39 is 0 Å². The smallest absolute Gasteiger partial charge is 0.250 e. The Morgan fingerprint density at radius 3 is 2.20 bits per heavy atom. The molecule has 0 radical (unpaired) electrons. The predicted molar refractivity (Wildman–Crippen MR) is 105 cm³/mol. The van der Waals surface area contributed by atoms with Crippen molar-refractivity contribution >= 4 is 11.7 Å². The third-order valence-corrected chi connectivity index (χ3v) is 4.75. The minimum Gasteiger partial charge on any atom is -0.316 e. The largest absolute Gasteiger partial charge is 0.316 e. The Morgan fingerprint density at radius 2 is 1.56 bits per heavy atom. The Balaban J connectivity index is 1.84. The number of amides is 1. The van der Waals surface area contributed by atoms with Gasteiger partial charge in [0.25, 0.3) is 0 Å². The third-order valence-electron chi connectivity index (χ3n) is 4.75. The topological polar surface area (TPSA) is 37.4 Å². The van der Waals surface area contributed by atoms with E-state index >= 15 is 0 Å². The summed E-state index contributed by atoms with van der Waals surface area (Å²) in [5.41, 5.74) is 0. The molecule has 1 amide bonds. The van der Waals surface area contributed by atoms with Gasteiger partial charge in [-0.2, -0.15) is 0 Å². The van der Waals surface area contributed by atoms with Crippen molar-refractivity contribution in [3.05, 3.63) is 24.4 Å². The molecule has 0 saturated heterocycles. The normalized spacial score (nSPS) is 13.9. The third kappa shape index (κ3) is 11.7. The summed E-state index contributed by atoms with van der Waals surface area (Å²) in [5.74, 6) is 0.562. The Hall–Kier alpha value is -1.38. The zero-order valence-corrected chi connectivity index (χ0v) is 16.2. The number of unbranched alkanes of at least 4 members (excludes halogenated alkanes) is 9. The van der Waals surface area contributed by atoms with Gasteiger partial charge in [0.05, 0.1) is 0 Å². The molecule has 0 aromatic heterocycles.